The third-order valence-electron chi connectivity index (χ3n) is 2.38. The highest BCUT2D eigenvalue weighted by atomic mass is 19.1. The van der Waals surface area contributed by atoms with Gasteiger partial charge >= 0.3 is 0 Å². The molecule has 0 saturated heterocycles. The van der Waals surface area contributed by atoms with Crippen molar-refractivity contribution in [3.8, 4) is 0 Å². The fraction of sp³-hybridized carbons (Fsp3) is 0.462. The van der Waals surface area contributed by atoms with Gasteiger partial charge in [0.15, 0.2) is 0 Å². The molecule has 0 aliphatic heterocycles. The molecule has 0 spiro atoms. The molecule has 0 aliphatic rings. The maximum atomic E-state index is 12.7. The molecule has 1 rings (SSSR count). The molecule has 0 aromatic heterocycles. The van der Waals surface area contributed by atoms with Crippen LogP contribution in [0.3, 0.4) is 0 Å². The summed E-state index contributed by atoms with van der Waals surface area (Å²) in [5.74, 6) is 0. The molecule has 2 N–H and O–H groups in total. The molecule has 17 heavy (non-hydrogen) atoms. The fourth-order valence-corrected chi connectivity index (χ4v) is 1.39. The zero-order chi connectivity index (χ0) is 12.7. The van der Waals surface area contributed by atoms with Gasteiger partial charge in [-0.05, 0) is 12.5 Å². The van der Waals surface area contributed by atoms with Crippen LogP contribution in [-0.2, 0) is 11.3 Å². The first-order valence-corrected chi connectivity index (χ1v) is 5.58. The normalized spacial score (nSPS) is 14.3. The highest BCUT2D eigenvalue weighted by Gasteiger charge is 2.11. The Bertz CT molecular complexity index is 340. The molecule has 0 bridgehead atoms. The molecule has 3 nitrogen and oxygen atoms in total. The Morgan fingerprint density at radius 3 is 2.65 bits per heavy atom. The van der Waals surface area contributed by atoms with Crippen molar-refractivity contribution in [3.63, 3.8) is 0 Å². The minimum absolute atomic E-state index is 0.0855. The molecule has 2 atom stereocenters. The SMILES string of the molecule is Cc1ccc(COCC(O)CC(F)C=N)cc1. The number of aliphatic hydroxyl groups excluding tert-OH is 1. The Hall–Kier alpha value is -1.26. The lowest BCUT2D eigenvalue weighted by atomic mass is 10.1. The topological polar surface area (TPSA) is 53.3 Å². The highest BCUT2D eigenvalue weighted by Crippen LogP contribution is 2.06. The Kier molecular flexibility index (Phi) is 5.80. The van der Waals surface area contributed by atoms with Gasteiger partial charge in [0.1, 0.15) is 6.17 Å². The molecule has 0 radical (unpaired) electrons. The van der Waals surface area contributed by atoms with Crippen molar-refractivity contribution in [3.05, 3.63) is 35.4 Å². The summed E-state index contributed by atoms with van der Waals surface area (Å²) in [6.45, 7) is 2.49. The van der Waals surface area contributed by atoms with E-state index < -0.39 is 12.3 Å². The van der Waals surface area contributed by atoms with E-state index in [9.17, 15) is 9.50 Å². The average molecular weight is 239 g/mol. The zero-order valence-electron chi connectivity index (χ0n) is 9.90. The molecule has 0 saturated carbocycles. The van der Waals surface area contributed by atoms with Crippen LogP contribution in [-0.4, -0.2) is 30.2 Å². The van der Waals surface area contributed by atoms with Gasteiger partial charge in [0, 0.05) is 12.6 Å². The van der Waals surface area contributed by atoms with Crippen LogP contribution in [0.2, 0.25) is 0 Å². The van der Waals surface area contributed by atoms with Gasteiger partial charge in [-0.25, -0.2) is 4.39 Å². The number of benzene rings is 1. The largest absolute Gasteiger partial charge is 0.391 e. The average Bonchev–Trinajstić information content (AvgIpc) is 2.31. The van der Waals surface area contributed by atoms with Crippen molar-refractivity contribution >= 4 is 6.21 Å². The number of alkyl halides is 1. The van der Waals surface area contributed by atoms with Crippen molar-refractivity contribution in [1.82, 2.24) is 0 Å². The summed E-state index contributed by atoms with van der Waals surface area (Å²) in [5.41, 5.74) is 2.20. The van der Waals surface area contributed by atoms with Gasteiger partial charge in [-0.1, -0.05) is 29.8 Å². The van der Waals surface area contributed by atoms with E-state index in [2.05, 4.69) is 0 Å². The quantitative estimate of drug-likeness (QED) is 0.717. The number of hydrogen-bond donors (Lipinski definition) is 2. The van der Waals surface area contributed by atoms with Crippen LogP contribution >= 0.6 is 0 Å². The fourth-order valence-electron chi connectivity index (χ4n) is 1.39. The first-order chi connectivity index (χ1) is 8.11. The molecule has 1 aromatic carbocycles. The van der Waals surface area contributed by atoms with Crippen molar-refractivity contribution < 1.29 is 14.2 Å². The Morgan fingerprint density at radius 1 is 1.41 bits per heavy atom. The zero-order valence-corrected chi connectivity index (χ0v) is 9.90. The second-order valence-electron chi connectivity index (χ2n) is 4.07. The molecule has 94 valence electrons. The van der Waals surface area contributed by atoms with Gasteiger partial charge < -0.3 is 15.3 Å². The van der Waals surface area contributed by atoms with Gasteiger partial charge in [0.25, 0.3) is 0 Å². The number of aliphatic hydroxyl groups is 1. The van der Waals surface area contributed by atoms with E-state index in [1.54, 1.807) is 0 Å². The third-order valence-corrected chi connectivity index (χ3v) is 2.38. The first kappa shape index (κ1) is 13.8. The van der Waals surface area contributed by atoms with E-state index in [-0.39, 0.29) is 13.0 Å². The van der Waals surface area contributed by atoms with Crippen molar-refractivity contribution in [2.24, 2.45) is 0 Å². The molecule has 0 amide bonds. The van der Waals surface area contributed by atoms with Crippen molar-refractivity contribution in [2.45, 2.75) is 32.2 Å². The summed E-state index contributed by atoms with van der Waals surface area (Å²) in [7, 11) is 0. The van der Waals surface area contributed by atoms with E-state index in [0.717, 1.165) is 5.56 Å². The number of halogens is 1. The van der Waals surface area contributed by atoms with Gasteiger partial charge in [-0.3, -0.25) is 0 Å². The standard InChI is InChI=1S/C13H18FNO2/c1-10-2-4-11(5-3-10)8-17-9-13(16)6-12(14)7-15/h2-5,7,12-13,15-16H,6,8-9H2,1H3. The number of aryl methyl sites for hydroxylation is 1. The first-order valence-electron chi connectivity index (χ1n) is 5.58. The van der Waals surface area contributed by atoms with Crippen LogP contribution in [0.4, 0.5) is 4.39 Å². The van der Waals surface area contributed by atoms with Crippen LogP contribution in [0.15, 0.2) is 24.3 Å². The number of nitrogens with one attached hydrogen (secondary N) is 1. The molecule has 0 heterocycles. The predicted molar refractivity (Wildman–Crippen MR) is 65.1 cm³/mol. The van der Waals surface area contributed by atoms with E-state index in [0.29, 0.717) is 12.8 Å². The summed E-state index contributed by atoms with van der Waals surface area (Å²) in [4.78, 5) is 0. The minimum atomic E-state index is -1.40. The van der Waals surface area contributed by atoms with Crippen molar-refractivity contribution in [2.75, 3.05) is 6.61 Å². The molecular formula is C13H18FNO2. The summed E-state index contributed by atoms with van der Waals surface area (Å²) < 4.78 is 18.0. The number of ether oxygens (including phenoxy) is 1. The number of hydrogen-bond acceptors (Lipinski definition) is 3. The molecule has 0 fully saturated rings. The van der Waals surface area contributed by atoms with Crippen LogP contribution in [0.5, 0.6) is 0 Å². The molecule has 4 heteroatoms. The van der Waals surface area contributed by atoms with Gasteiger partial charge in [0.2, 0.25) is 0 Å². The smallest absolute Gasteiger partial charge is 0.137 e. The Labute approximate surface area is 101 Å². The molecule has 2 unspecified atom stereocenters. The lowest BCUT2D eigenvalue weighted by molar-refractivity contribution is 0.0184. The van der Waals surface area contributed by atoms with Crippen LogP contribution < -0.4 is 0 Å². The summed E-state index contributed by atoms with van der Waals surface area (Å²) in [6.07, 6.45) is -1.66. The molecular weight excluding hydrogens is 221 g/mol. The third kappa shape index (κ3) is 5.56. The summed E-state index contributed by atoms with van der Waals surface area (Å²) >= 11 is 0. The lowest BCUT2D eigenvalue weighted by Crippen LogP contribution is -2.20. The van der Waals surface area contributed by atoms with E-state index >= 15 is 0 Å². The highest BCUT2D eigenvalue weighted by molar-refractivity contribution is 5.58. The maximum absolute atomic E-state index is 12.7. The van der Waals surface area contributed by atoms with Crippen LogP contribution in [0, 0.1) is 12.3 Å². The molecule has 1 aromatic rings. The monoisotopic (exact) mass is 239 g/mol. The lowest BCUT2D eigenvalue weighted by Gasteiger charge is -2.11. The minimum Gasteiger partial charge on any atom is -0.391 e. The van der Waals surface area contributed by atoms with Gasteiger partial charge in [-0.2, -0.15) is 0 Å². The number of rotatable bonds is 7. The van der Waals surface area contributed by atoms with Gasteiger partial charge in [0.05, 0.1) is 19.3 Å². The van der Waals surface area contributed by atoms with E-state index in [1.165, 1.54) is 5.56 Å². The van der Waals surface area contributed by atoms with E-state index in [1.807, 2.05) is 31.2 Å². The summed E-state index contributed by atoms with van der Waals surface area (Å²) in [6, 6.07) is 7.89. The van der Waals surface area contributed by atoms with Gasteiger partial charge in [-0.15, -0.1) is 0 Å². The summed E-state index contributed by atoms with van der Waals surface area (Å²) in [5, 5.41) is 16.1. The molecule has 0 aliphatic carbocycles. The van der Waals surface area contributed by atoms with Crippen LogP contribution in [0.1, 0.15) is 17.5 Å². The Morgan fingerprint density at radius 2 is 2.06 bits per heavy atom. The second-order valence-corrected chi connectivity index (χ2v) is 4.07. The second kappa shape index (κ2) is 7.14. The van der Waals surface area contributed by atoms with Crippen LogP contribution in [0.25, 0.3) is 0 Å². The Balaban J connectivity index is 2.23. The maximum Gasteiger partial charge on any atom is 0.137 e. The van der Waals surface area contributed by atoms with Crippen molar-refractivity contribution in [1.29, 1.82) is 5.41 Å². The van der Waals surface area contributed by atoms with E-state index in [4.69, 9.17) is 10.1 Å². The predicted octanol–water partition coefficient (Wildman–Crippen LogP) is 2.25.